The van der Waals surface area contributed by atoms with Gasteiger partial charge in [0, 0.05) is 5.54 Å². The van der Waals surface area contributed by atoms with Gasteiger partial charge in [-0.15, -0.1) is 0 Å². The van der Waals surface area contributed by atoms with E-state index in [4.69, 9.17) is 5.73 Å². The number of rotatable bonds is 3. The zero-order valence-corrected chi connectivity index (χ0v) is 13.0. The van der Waals surface area contributed by atoms with Crippen LogP contribution in [0.25, 0.3) is 0 Å². The van der Waals surface area contributed by atoms with Gasteiger partial charge >= 0.3 is 0 Å². The van der Waals surface area contributed by atoms with Gasteiger partial charge < -0.3 is 5.73 Å². The summed E-state index contributed by atoms with van der Waals surface area (Å²) in [5.41, 5.74) is 8.04. The lowest BCUT2D eigenvalue weighted by Gasteiger charge is -2.46. The van der Waals surface area contributed by atoms with Crippen LogP contribution in [0.5, 0.6) is 0 Å². The van der Waals surface area contributed by atoms with Gasteiger partial charge in [0.25, 0.3) is 0 Å². The number of hydrogen-bond donors (Lipinski definition) is 1. The molecule has 1 aromatic carbocycles. The van der Waals surface area contributed by atoms with Gasteiger partial charge in [-0.05, 0) is 48.8 Å². The molecular formula is C19H28FN. The van der Waals surface area contributed by atoms with Gasteiger partial charge in [-0.3, -0.25) is 0 Å². The average Bonchev–Trinajstić information content (AvgIpc) is 2.51. The maximum Gasteiger partial charge on any atom is 0.123 e. The van der Waals surface area contributed by atoms with Crippen LogP contribution in [0.4, 0.5) is 4.39 Å². The van der Waals surface area contributed by atoms with Gasteiger partial charge in [0.05, 0.1) is 0 Å². The van der Waals surface area contributed by atoms with Crippen LogP contribution in [0.3, 0.4) is 0 Å². The molecule has 0 heterocycles. The fourth-order valence-corrected chi connectivity index (χ4v) is 4.73. The van der Waals surface area contributed by atoms with Gasteiger partial charge in [-0.2, -0.15) is 0 Å². The molecule has 0 aromatic heterocycles. The molecule has 2 N–H and O–H groups in total. The molecule has 2 fully saturated rings. The van der Waals surface area contributed by atoms with Crippen molar-refractivity contribution in [3.63, 3.8) is 0 Å². The molecule has 1 aromatic rings. The van der Waals surface area contributed by atoms with Crippen LogP contribution in [-0.4, -0.2) is 5.54 Å². The lowest BCUT2D eigenvalue weighted by Crippen LogP contribution is -2.53. The van der Waals surface area contributed by atoms with E-state index in [-0.39, 0.29) is 11.4 Å². The lowest BCUT2D eigenvalue weighted by atomic mass is 9.62. The van der Waals surface area contributed by atoms with E-state index in [1.807, 2.05) is 12.1 Å². The molecule has 0 aliphatic heterocycles. The highest BCUT2D eigenvalue weighted by atomic mass is 19.1. The van der Waals surface area contributed by atoms with Crippen molar-refractivity contribution < 1.29 is 4.39 Å². The molecule has 2 aliphatic carbocycles. The summed E-state index contributed by atoms with van der Waals surface area (Å²) in [6.45, 7) is 0. The molecule has 2 heteroatoms. The molecule has 2 aliphatic rings. The molecule has 3 rings (SSSR count). The highest BCUT2D eigenvalue weighted by Crippen LogP contribution is 2.44. The quantitative estimate of drug-likeness (QED) is 0.847. The van der Waals surface area contributed by atoms with Crippen LogP contribution >= 0.6 is 0 Å². The zero-order valence-electron chi connectivity index (χ0n) is 13.0. The SMILES string of the molecule is NC1(Cc2ccc(F)cc2)CCCCC1C1CCCCC1. The first-order valence-electron chi connectivity index (χ1n) is 8.71. The topological polar surface area (TPSA) is 26.0 Å². The number of halogens is 1. The largest absolute Gasteiger partial charge is 0.325 e. The highest BCUT2D eigenvalue weighted by molar-refractivity contribution is 5.20. The van der Waals surface area contributed by atoms with Crippen molar-refractivity contribution in [1.29, 1.82) is 0 Å². The maximum absolute atomic E-state index is 13.1. The summed E-state index contributed by atoms with van der Waals surface area (Å²) in [6.07, 6.45) is 12.8. The molecule has 0 saturated heterocycles. The molecule has 2 atom stereocenters. The van der Waals surface area contributed by atoms with E-state index in [9.17, 15) is 4.39 Å². The second-order valence-corrected chi connectivity index (χ2v) is 7.29. The summed E-state index contributed by atoms with van der Waals surface area (Å²) in [6, 6.07) is 6.96. The van der Waals surface area contributed by atoms with E-state index < -0.39 is 0 Å². The number of nitrogens with two attached hydrogens (primary N) is 1. The minimum atomic E-state index is -0.155. The molecule has 0 spiro atoms. The minimum absolute atomic E-state index is 0.0713. The smallest absolute Gasteiger partial charge is 0.123 e. The Kier molecular flexibility index (Phi) is 4.63. The normalized spacial score (nSPS) is 31.2. The summed E-state index contributed by atoms with van der Waals surface area (Å²) in [4.78, 5) is 0. The molecular weight excluding hydrogens is 261 g/mol. The first kappa shape index (κ1) is 15.0. The fourth-order valence-electron chi connectivity index (χ4n) is 4.73. The summed E-state index contributed by atoms with van der Waals surface area (Å²) in [7, 11) is 0. The Morgan fingerprint density at radius 1 is 0.952 bits per heavy atom. The molecule has 1 nitrogen and oxygen atoms in total. The second-order valence-electron chi connectivity index (χ2n) is 7.29. The Hall–Kier alpha value is -0.890. The molecule has 0 radical (unpaired) electrons. The number of benzene rings is 1. The Morgan fingerprint density at radius 2 is 1.62 bits per heavy atom. The minimum Gasteiger partial charge on any atom is -0.325 e. The van der Waals surface area contributed by atoms with E-state index in [1.54, 1.807) is 12.1 Å². The van der Waals surface area contributed by atoms with Crippen molar-refractivity contribution in [3.05, 3.63) is 35.6 Å². The molecule has 116 valence electrons. The average molecular weight is 289 g/mol. The second kappa shape index (κ2) is 6.48. The fraction of sp³-hybridized carbons (Fsp3) is 0.684. The van der Waals surface area contributed by atoms with Crippen molar-refractivity contribution in [1.82, 2.24) is 0 Å². The Bertz CT molecular complexity index is 449. The van der Waals surface area contributed by atoms with E-state index in [0.717, 1.165) is 18.8 Å². The van der Waals surface area contributed by atoms with Crippen LogP contribution in [0.2, 0.25) is 0 Å². The third-order valence-corrected chi connectivity index (χ3v) is 5.81. The van der Waals surface area contributed by atoms with Crippen LogP contribution in [0.15, 0.2) is 24.3 Å². The van der Waals surface area contributed by atoms with Crippen LogP contribution in [0.1, 0.15) is 63.4 Å². The van der Waals surface area contributed by atoms with E-state index in [2.05, 4.69) is 0 Å². The summed E-state index contributed by atoms with van der Waals surface area (Å²) in [5, 5.41) is 0. The van der Waals surface area contributed by atoms with Gasteiger partial charge in [0.1, 0.15) is 5.82 Å². The zero-order chi connectivity index (χ0) is 14.7. The summed E-state index contributed by atoms with van der Waals surface area (Å²) >= 11 is 0. The van der Waals surface area contributed by atoms with Crippen LogP contribution in [0, 0.1) is 17.7 Å². The molecule has 2 unspecified atom stereocenters. The van der Waals surface area contributed by atoms with Gasteiger partial charge in [0.2, 0.25) is 0 Å². The van der Waals surface area contributed by atoms with E-state index >= 15 is 0 Å². The van der Waals surface area contributed by atoms with Crippen molar-refractivity contribution >= 4 is 0 Å². The lowest BCUT2D eigenvalue weighted by molar-refractivity contribution is 0.0995. The maximum atomic E-state index is 13.1. The van der Waals surface area contributed by atoms with E-state index in [0.29, 0.717) is 5.92 Å². The van der Waals surface area contributed by atoms with Crippen molar-refractivity contribution in [2.75, 3.05) is 0 Å². The first-order chi connectivity index (χ1) is 10.2. The molecule has 2 saturated carbocycles. The van der Waals surface area contributed by atoms with E-state index in [1.165, 1.54) is 56.9 Å². The van der Waals surface area contributed by atoms with Gasteiger partial charge in [0.15, 0.2) is 0 Å². The number of hydrogen-bond acceptors (Lipinski definition) is 1. The Balaban J connectivity index is 1.75. The first-order valence-corrected chi connectivity index (χ1v) is 8.71. The summed E-state index contributed by atoms with van der Waals surface area (Å²) < 4.78 is 13.1. The Labute approximate surface area is 128 Å². The molecule has 0 bridgehead atoms. The third-order valence-electron chi connectivity index (χ3n) is 5.81. The monoisotopic (exact) mass is 289 g/mol. The van der Waals surface area contributed by atoms with Crippen LogP contribution < -0.4 is 5.73 Å². The standard InChI is InChI=1S/C19H28FN/c20-17-11-9-15(10-12-17)14-19(21)13-5-4-8-18(19)16-6-2-1-3-7-16/h9-12,16,18H,1-8,13-14,21H2. The van der Waals surface area contributed by atoms with Crippen LogP contribution in [-0.2, 0) is 6.42 Å². The summed E-state index contributed by atoms with van der Waals surface area (Å²) in [5.74, 6) is 1.33. The Morgan fingerprint density at radius 3 is 2.33 bits per heavy atom. The highest BCUT2D eigenvalue weighted by Gasteiger charge is 2.41. The molecule has 0 amide bonds. The predicted octanol–water partition coefficient (Wildman–Crippen LogP) is 4.84. The predicted molar refractivity (Wildman–Crippen MR) is 85.6 cm³/mol. The van der Waals surface area contributed by atoms with Crippen molar-refractivity contribution in [2.24, 2.45) is 17.6 Å². The molecule has 21 heavy (non-hydrogen) atoms. The van der Waals surface area contributed by atoms with Crippen molar-refractivity contribution in [2.45, 2.75) is 69.7 Å². The van der Waals surface area contributed by atoms with Crippen molar-refractivity contribution in [3.8, 4) is 0 Å². The van der Waals surface area contributed by atoms with Gasteiger partial charge in [-0.25, -0.2) is 4.39 Å². The third kappa shape index (κ3) is 3.48. The van der Waals surface area contributed by atoms with Gasteiger partial charge in [-0.1, -0.05) is 57.1 Å².